The lowest BCUT2D eigenvalue weighted by Crippen LogP contribution is -2.22. The normalized spacial score (nSPS) is 30.1. The Hall–Kier alpha value is -0.650. The van der Waals surface area contributed by atoms with Gasteiger partial charge < -0.3 is 10.5 Å². The highest BCUT2D eigenvalue weighted by molar-refractivity contribution is 7.15. The summed E-state index contributed by atoms with van der Waals surface area (Å²) in [6.07, 6.45) is 4.49. The molecule has 0 amide bonds. The van der Waals surface area contributed by atoms with Crippen molar-refractivity contribution in [2.45, 2.75) is 19.4 Å². The predicted molar refractivity (Wildman–Crippen MR) is 68.8 cm³/mol. The van der Waals surface area contributed by atoms with Crippen LogP contribution in [0.5, 0.6) is 0 Å². The Bertz CT molecular complexity index is 376. The second-order valence-electron chi connectivity index (χ2n) is 5.07. The van der Waals surface area contributed by atoms with Gasteiger partial charge in [-0.3, -0.25) is 4.90 Å². The molecule has 2 atom stereocenters. The van der Waals surface area contributed by atoms with E-state index in [2.05, 4.69) is 9.88 Å². The molecule has 2 unspecified atom stereocenters. The average molecular weight is 253 g/mol. The Labute approximate surface area is 106 Å². The van der Waals surface area contributed by atoms with Gasteiger partial charge in [0.1, 0.15) is 0 Å². The number of nitrogen functional groups attached to an aromatic ring is 1. The minimum atomic E-state index is 0.680. The van der Waals surface area contributed by atoms with Crippen molar-refractivity contribution in [1.29, 1.82) is 0 Å². The maximum atomic E-state index is 5.65. The van der Waals surface area contributed by atoms with Gasteiger partial charge in [0, 0.05) is 37.4 Å². The monoisotopic (exact) mass is 253 g/mol. The van der Waals surface area contributed by atoms with Crippen LogP contribution in [0.15, 0.2) is 6.20 Å². The summed E-state index contributed by atoms with van der Waals surface area (Å²) in [6.45, 7) is 5.38. The van der Waals surface area contributed by atoms with Gasteiger partial charge in [-0.1, -0.05) is 0 Å². The van der Waals surface area contributed by atoms with Crippen molar-refractivity contribution in [3.05, 3.63) is 11.1 Å². The van der Waals surface area contributed by atoms with Crippen LogP contribution in [0.2, 0.25) is 0 Å². The minimum Gasteiger partial charge on any atom is -0.381 e. The molecule has 2 aliphatic rings. The molecule has 0 aliphatic carbocycles. The molecule has 3 heterocycles. The van der Waals surface area contributed by atoms with Gasteiger partial charge in [0.25, 0.3) is 0 Å². The molecule has 2 fully saturated rings. The molecule has 2 saturated heterocycles. The van der Waals surface area contributed by atoms with Crippen LogP contribution in [0.1, 0.15) is 17.7 Å². The van der Waals surface area contributed by atoms with Crippen LogP contribution in [0.4, 0.5) is 5.13 Å². The summed E-state index contributed by atoms with van der Waals surface area (Å²) in [5.41, 5.74) is 5.65. The summed E-state index contributed by atoms with van der Waals surface area (Å²) in [7, 11) is 0. The zero-order valence-corrected chi connectivity index (χ0v) is 10.8. The highest BCUT2D eigenvalue weighted by Crippen LogP contribution is 2.31. The van der Waals surface area contributed by atoms with E-state index in [0.717, 1.165) is 31.6 Å². The maximum Gasteiger partial charge on any atom is 0.180 e. The molecular formula is C12H19N3OS. The number of anilines is 1. The van der Waals surface area contributed by atoms with Crippen LogP contribution in [-0.4, -0.2) is 36.2 Å². The Morgan fingerprint density at radius 2 is 2.41 bits per heavy atom. The molecule has 2 aliphatic heterocycles. The number of rotatable bonds is 3. The summed E-state index contributed by atoms with van der Waals surface area (Å²) in [6, 6.07) is 0. The van der Waals surface area contributed by atoms with Gasteiger partial charge in [-0.05, 0) is 31.2 Å². The molecule has 0 aromatic carbocycles. The highest BCUT2D eigenvalue weighted by atomic mass is 32.1. The van der Waals surface area contributed by atoms with Crippen LogP contribution in [0.3, 0.4) is 0 Å². The molecule has 3 rings (SSSR count). The molecule has 94 valence electrons. The SMILES string of the molecule is Nc1ncc(CN2CCC(C3CCOC3)C2)s1. The average Bonchev–Trinajstić information content (AvgIpc) is 3.00. The minimum absolute atomic E-state index is 0.680. The number of likely N-dealkylation sites (tertiary alicyclic amines) is 1. The fraction of sp³-hybridized carbons (Fsp3) is 0.750. The Balaban J connectivity index is 1.53. The molecule has 5 heteroatoms. The van der Waals surface area contributed by atoms with Gasteiger partial charge in [0.2, 0.25) is 0 Å². The smallest absolute Gasteiger partial charge is 0.180 e. The molecule has 0 radical (unpaired) electrons. The van der Waals surface area contributed by atoms with Crippen LogP contribution in [0.25, 0.3) is 0 Å². The molecule has 0 bridgehead atoms. The number of ether oxygens (including phenoxy) is 1. The van der Waals surface area contributed by atoms with Crippen LogP contribution < -0.4 is 5.73 Å². The number of nitrogens with zero attached hydrogens (tertiary/aromatic N) is 2. The lowest BCUT2D eigenvalue weighted by molar-refractivity contribution is 0.171. The molecule has 0 spiro atoms. The summed E-state index contributed by atoms with van der Waals surface area (Å²) >= 11 is 1.61. The second-order valence-corrected chi connectivity index (χ2v) is 6.22. The lowest BCUT2D eigenvalue weighted by Gasteiger charge is -2.18. The van der Waals surface area contributed by atoms with E-state index in [1.165, 1.54) is 30.8 Å². The first-order valence-corrected chi connectivity index (χ1v) is 7.13. The molecule has 17 heavy (non-hydrogen) atoms. The molecule has 1 aromatic heterocycles. The van der Waals surface area contributed by atoms with Gasteiger partial charge in [-0.2, -0.15) is 0 Å². The number of hydrogen-bond acceptors (Lipinski definition) is 5. The zero-order chi connectivity index (χ0) is 11.7. The van der Waals surface area contributed by atoms with E-state index in [1.54, 1.807) is 11.3 Å². The molecule has 2 N–H and O–H groups in total. The molecule has 4 nitrogen and oxygen atoms in total. The van der Waals surface area contributed by atoms with Crippen LogP contribution in [-0.2, 0) is 11.3 Å². The third kappa shape index (κ3) is 2.61. The zero-order valence-electron chi connectivity index (χ0n) is 9.97. The van der Waals surface area contributed by atoms with E-state index in [4.69, 9.17) is 10.5 Å². The first-order valence-electron chi connectivity index (χ1n) is 6.31. The third-order valence-electron chi connectivity index (χ3n) is 3.89. The van der Waals surface area contributed by atoms with Gasteiger partial charge in [-0.15, -0.1) is 11.3 Å². The quantitative estimate of drug-likeness (QED) is 0.888. The van der Waals surface area contributed by atoms with E-state index in [9.17, 15) is 0 Å². The fourth-order valence-corrected chi connectivity index (χ4v) is 3.66. The molecule has 1 aromatic rings. The van der Waals surface area contributed by atoms with Crippen molar-refractivity contribution in [3.63, 3.8) is 0 Å². The standard InChI is InChI=1S/C12H19N3OS/c13-12-14-5-11(17-12)7-15-3-1-9(6-15)10-2-4-16-8-10/h5,9-10H,1-4,6-8H2,(H2,13,14). The van der Waals surface area contributed by atoms with E-state index in [-0.39, 0.29) is 0 Å². The second kappa shape index (κ2) is 4.92. The lowest BCUT2D eigenvalue weighted by atomic mass is 9.91. The predicted octanol–water partition coefficient (Wildman–Crippen LogP) is 1.58. The summed E-state index contributed by atoms with van der Waals surface area (Å²) in [4.78, 5) is 7.91. The van der Waals surface area contributed by atoms with Crippen molar-refractivity contribution < 1.29 is 4.74 Å². The van der Waals surface area contributed by atoms with Crippen molar-refractivity contribution in [1.82, 2.24) is 9.88 Å². The van der Waals surface area contributed by atoms with Crippen molar-refractivity contribution in [2.75, 3.05) is 32.0 Å². The molecular weight excluding hydrogens is 234 g/mol. The number of thiazole rings is 1. The summed E-state index contributed by atoms with van der Waals surface area (Å²) in [5, 5.41) is 0.680. The fourth-order valence-electron chi connectivity index (χ4n) is 2.93. The maximum absolute atomic E-state index is 5.65. The Morgan fingerprint density at radius 3 is 3.12 bits per heavy atom. The van der Waals surface area contributed by atoms with Crippen LogP contribution in [0, 0.1) is 11.8 Å². The van der Waals surface area contributed by atoms with Crippen molar-refractivity contribution in [3.8, 4) is 0 Å². The number of aromatic nitrogens is 1. The highest BCUT2D eigenvalue weighted by Gasteiger charge is 2.31. The summed E-state index contributed by atoms with van der Waals surface area (Å²) in [5.74, 6) is 1.63. The van der Waals surface area contributed by atoms with Gasteiger partial charge in [-0.25, -0.2) is 4.98 Å². The van der Waals surface area contributed by atoms with E-state index < -0.39 is 0 Å². The Kier molecular flexibility index (Phi) is 3.31. The van der Waals surface area contributed by atoms with Crippen molar-refractivity contribution in [2.24, 2.45) is 11.8 Å². The summed E-state index contributed by atoms with van der Waals surface area (Å²) < 4.78 is 5.48. The molecule has 0 saturated carbocycles. The topological polar surface area (TPSA) is 51.4 Å². The van der Waals surface area contributed by atoms with Gasteiger partial charge in [0.15, 0.2) is 5.13 Å². The number of hydrogen-bond donors (Lipinski definition) is 1. The number of nitrogens with two attached hydrogens (primary N) is 1. The van der Waals surface area contributed by atoms with E-state index in [1.807, 2.05) is 6.20 Å². The third-order valence-corrected chi connectivity index (χ3v) is 4.70. The Morgan fingerprint density at radius 1 is 1.47 bits per heavy atom. The van der Waals surface area contributed by atoms with Crippen LogP contribution >= 0.6 is 11.3 Å². The van der Waals surface area contributed by atoms with Gasteiger partial charge in [0.05, 0.1) is 0 Å². The first-order chi connectivity index (χ1) is 8.31. The van der Waals surface area contributed by atoms with Gasteiger partial charge >= 0.3 is 0 Å². The van der Waals surface area contributed by atoms with E-state index >= 15 is 0 Å². The van der Waals surface area contributed by atoms with E-state index in [0.29, 0.717) is 5.13 Å². The van der Waals surface area contributed by atoms with Crippen molar-refractivity contribution >= 4 is 16.5 Å². The largest absolute Gasteiger partial charge is 0.381 e. The first kappa shape index (κ1) is 11.4.